The lowest BCUT2D eigenvalue weighted by Gasteiger charge is -1.99. The van der Waals surface area contributed by atoms with E-state index in [0.29, 0.717) is 25.9 Å². The molecule has 2 aromatic heterocycles. The number of thiophene rings is 1. The van der Waals surface area contributed by atoms with Crippen molar-refractivity contribution in [2.75, 3.05) is 5.32 Å². The Hall–Kier alpha value is -3.01. The van der Waals surface area contributed by atoms with E-state index < -0.39 is 10.8 Å². The summed E-state index contributed by atoms with van der Waals surface area (Å²) < 4.78 is 6.19. The summed E-state index contributed by atoms with van der Waals surface area (Å²) in [5.74, 6) is -0.342. The first-order chi connectivity index (χ1) is 13.4. The lowest BCUT2D eigenvalue weighted by Crippen LogP contribution is -2.10. The summed E-state index contributed by atoms with van der Waals surface area (Å²) in [6.45, 7) is 0. The van der Waals surface area contributed by atoms with Gasteiger partial charge in [-0.2, -0.15) is 0 Å². The molecule has 0 aliphatic carbocycles. The van der Waals surface area contributed by atoms with Gasteiger partial charge >= 0.3 is 6.01 Å². The molecule has 0 bridgehead atoms. The highest BCUT2D eigenvalue weighted by atomic mass is 35.5. The average Bonchev–Trinajstić information content (AvgIpc) is 3.27. The van der Waals surface area contributed by atoms with E-state index in [1.807, 2.05) is 0 Å². The predicted octanol–water partition coefficient (Wildman–Crippen LogP) is 5.42. The Bertz CT molecular complexity index is 1240. The third-order valence-corrected chi connectivity index (χ3v) is 5.40. The van der Waals surface area contributed by atoms with Crippen molar-refractivity contribution < 1.29 is 14.1 Å². The van der Waals surface area contributed by atoms with E-state index in [9.17, 15) is 14.9 Å². The SMILES string of the molecule is O=C(Nc1nnc(-c2ccc(Cl)cc2Cl)o1)c1cc2cc([N+](=O)[O-])ccc2s1. The Morgan fingerprint density at radius 1 is 1.14 bits per heavy atom. The van der Waals surface area contributed by atoms with Gasteiger partial charge in [0.25, 0.3) is 17.5 Å². The van der Waals surface area contributed by atoms with Crippen LogP contribution in [0.1, 0.15) is 9.67 Å². The highest BCUT2D eigenvalue weighted by Gasteiger charge is 2.17. The Labute approximate surface area is 170 Å². The summed E-state index contributed by atoms with van der Waals surface area (Å²) >= 11 is 13.2. The standard InChI is InChI=1S/C17H8Cl2N4O4S/c18-9-1-3-11(12(19)7-9)16-21-22-17(27-16)20-15(24)14-6-8-5-10(23(25)26)2-4-13(8)28-14/h1-7H,(H,20,22,24). The molecule has 0 fully saturated rings. The van der Waals surface area contributed by atoms with Gasteiger partial charge < -0.3 is 4.42 Å². The number of halogens is 2. The number of anilines is 1. The first-order valence-electron chi connectivity index (χ1n) is 7.69. The van der Waals surface area contributed by atoms with Gasteiger partial charge in [-0.05, 0) is 30.3 Å². The Balaban J connectivity index is 1.56. The van der Waals surface area contributed by atoms with Crippen LogP contribution in [-0.4, -0.2) is 21.0 Å². The first-order valence-corrected chi connectivity index (χ1v) is 9.26. The number of nitro benzene ring substituents is 1. The van der Waals surface area contributed by atoms with Gasteiger partial charge in [-0.15, -0.1) is 16.4 Å². The predicted molar refractivity (Wildman–Crippen MR) is 106 cm³/mol. The smallest absolute Gasteiger partial charge is 0.322 e. The van der Waals surface area contributed by atoms with Gasteiger partial charge in [0.05, 0.1) is 20.4 Å². The third kappa shape index (κ3) is 3.55. The second kappa shape index (κ2) is 7.19. The number of non-ortho nitro benzene ring substituents is 1. The molecule has 0 aliphatic rings. The van der Waals surface area contributed by atoms with Crippen LogP contribution in [0.15, 0.2) is 46.9 Å². The van der Waals surface area contributed by atoms with E-state index in [4.69, 9.17) is 27.6 Å². The van der Waals surface area contributed by atoms with Gasteiger partial charge in [-0.25, -0.2) is 0 Å². The molecular weight excluding hydrogens is 427 g/mol. The van der Waals surface area contributed by atoms with E-state index in [2.05, 4.69) is 15.5 Å². The summed E-state index contributed by atoms with van der Waals surface area (Å²) in [5, 5.41) is 22.4. The number of carbonyl (C=O) groups is 1. The summed E-state index contributed by atoms with van der Waals surface area (Å²) in [6, 6.07) is 10.7. The van der Waals surface area contributed by atoms with Gasteiger partial charge in [0.15, 0.2) is 0 Å². The van der Waals surface area contributed by atoms with Crippen LogP contribution in [-0.2, 0) is 0 Å². The fourth-order valence-corrected chi connectivity index (χ4v) is 3.89. The Morgan fingerprint density at radius 3 is 2.71 bits per heavy atom. The molecule has 1 amide bonds. The Morgan fingerprint density at radius 2 is 1.96 bits per heavy atom. The van der Waals surface area contributed by atoms with Crippen LogP contribution in [0.3, 0.4) is 0 Å². The van der Waals surface area contributed by atoms with Crippen molar-refractivity contribution >= 4 is 62.2 Å². The molecule has 1 N–H and O–H groups in total. The van der Waals surface area contributed by atoms with E-state index in [1.54, 1.807) is 24.3 Å². The molecule has 28 heavy (non-hydrogen) atoms. The van der Waals surface area contributed by atoms with E-state index >= 15 is 0 Å². The maximum Gasteiger partial charge on any atom is 0.322 e. The molecule has 2 aromatic carbocycles. The van der Waals surface area contributed by atoms with Crippen LogP contribution >= 0.6 is 34.5 Å². The number of amides is 1. The normalized spacial score (nSPS) is 10.9. The zero-order valence-electron chi connectivity index (χ0n) is 13.7. The zero-order chi connectivity index (χ0) is 19.8. The van der Waals surface area contributed by atoms with Gasteiger partial charge in [0, 0.05) is 27.2 Å². The van der Waals surface area contributed by atoms with Crippen LogP contribution in [0.2, 0.25) is 10.0 Å². The maximum absolute atomic E-state index is 12.5. The van der Waals surface area contributed by atoms with Crippen molar-refractivity contribution in [1.29, 1.82) is 0 Å². The molecule has 0 atom stereocenters. The quantitative estimate of drug-likeness (QED) is 0.339. The molecule has 0 radical (unpaired) electrons. The van der Waals surface area contributed by atoms with Crippen molar-refractivity contribution in [3.8, 4) is 11.5 Å². The highest BCUT2D eigenvalue weighted by molar-refractivity contribution is 7.20. The molecule has 4 rings (SSSR count). The number of nitrogens with zero attached hydrogens (tertiary/aromatic N) is 3. The molecule has 0 saturated heterocycles. The number of carbonyl (C=O) groups excluding carboxylic acids is 1. The summed E-state index contributed by atoms with van der Waals surface area (Å²) in [6.07, 6.45) is 0. The summed E-state index contributed by atoms with van der Waals surface area (Å²) in [7, 11) is 0. The molecule has 0 aliphatic heterocycles. The zero-order valence-corrected chi connectivity index (χ0v) is 16.0. The fourth-order valence-electron chi connectivity index (χ4n) is 2.46. The van der Waals surface area contributed by atoms with Gasteiger partial charge in [0.2, 0.25) is 0 Å². The van der Waals surface area contributed by atoms with E-state index in [1.165, 1.54) is 29.5 Å². The topological polar surface area (TPSA) is 111 Å². The molecular formula is C17H8Cl2N4O4S. The first kappa shape index (κ1) is 18.4. The molecule has 4 aromatic rings. The van der Waals surface area contributed by atoms with Crippen molar-refractivity contribution in [2.45, 2.75) is 0 Å². The molecule has 11 heteroatoms. The van der Waals surface area contributed by atoms with Gasteiger partial charge in [0.1, 0.15) is 0 Å². The molecule has 0 saturated carbocycles. The lowest BCUT2D eigenvalue weighted by atomic mass is 10.2. The largest absolute Gasteiger partial charge is 0.403 e. The van der Waals surface area contributed by atoms with Gasteiger partial charge in [-0.3, -0.25) is 20.2 Å². The minimum absolute atomic E-state index is 0.0429. The van der Waals surface area contributed by atoms with Crippen molar-refractivity contribution in [2.24, 2.45) is 0 Å². The number of fused-ring (bicyclic) bond motifs is 1. The minimum atomic E-state index is -0.487. The highest BCUT2D eigenvalue weighted by Crippen LogP contribution is 2.31. The monoisotopic (exact) mass is 434 g/mol. The second-order valence-electron chi connectivity index (χ2n) is 5.58. The van der Waals surface area contributed by atoms with Crippen LogP contribution in [0.25, 0.3) is 21.5 Å². The molecule has 0 spiro atoms. The molecule has 0 unspecified atom stereocenters. The van der Waals surface area contributed by atoms with Crippen molar-refractivity contribution in [3.63, 3.8) is 0 Å². The number of hydrogen-bond acceptors (Lipinski definition) is 7. The summed E-state index contributed by atoms with van der Waals surface area (Å²) in [5.41, 5.74) is 0.437. The number of nitrogens with one attached hydrogen (secondary N) is 1. The van der Waals surface area contributed by atoms with Crippen LogP contribution in [0.5, 0.6) is 0 Å². The number of benzene rings is 2. The van der Waals surface area contributed by atoms with E-state index in [0.717, 1.165) is 4.70 Å². The van der Waals surface area contributed by atoms with Crippen LogP contribution in [0, 0.1) is 10.1 Å². The second-order valence-corrected chi connectivity index (χ2v) is 7.51. The molecule has 8 nitrogen and oxygen atoms in total. The van der Waals surface area contributed by atoms with Crippen LogP contribution < -0.4 is 5.32 Å². The number of aromatic nitrogens is 2. The lowest BCUT2D eigenvalue weighted by molar-refractivity contribution is -0.384. The molecule has 2 heterocycles. The summed E-state index contributed by atoms with van der Waals surface area (Å²) in [4.78, 5) is 23.2. The van der Waals surface area contributed by atoms with Crippen LogP contribution in [0.4, 0.5) is 11.7 Å². The maximum atomic E-state index is 12.5. The van der Waals surface area contributed by atoms with Crippen molar-refractivity contribution in [1.82, 2.24) is 10.2 Å². The average molecular weight is 435 g/mol. The van der Waals surface area contributed by atoms with Gasteiger partial charge in [-0.1, -0.05) is 28.3 Å². The Kier molecular flexibility index (Phi) is 4.71. The minimum Gasteiger partial charge on any atom is -0.403 e. The number of nitro groups is 1. The fraction of sp³-hybridized carbons (Fsp3) is 0. The number of hydrogen-bond donors (Lipinski definition) is 1. The third-order valence-electron chi connectivity index (χ3n) is 3.74. The number of rotatable bonds is 4. The van der Waals surface area contributed by atoms with E-state index in [-0.39, 0.29) is 17.6 Å². The van der Waals surface area contributed by atoms with Crippen molar-refractivity contribution in [3.05, 3.63) is 67.5 Å². The molecule has 140 valence electrons.